The van der Waals surface area contributed by atoms with Crippen LogP contribution in [0, 0.1) is 18.6 Å². The summed E-state index contributed by atoms with van der Waals surface area (Å²) in [4.78, 5) is 4.21. The molecule has 2 heterocycles. The number of hydrogen-bond donors (Lipinski definition) is 1. The van der Waals surface area contributed by atoms with Gasteiger partial charge in [-0.3, -0.25) is 4.72 Å². The highest BCUT2D eigenvalue weighted by atomic mass is 32.2. The van der Waals surface area contributed by atoms with Crippen molar-refractivity contribution in [3.05, 3.63) is 84.2 Å². The average Bonchev–Trinajstić information content (AvgIpc) is 3.07. The van der Waals surface area contributed by atoms with Gasteiger partial charge in [0.2, 0.25) is 0 Å². The van der Waals surface area contributed by atoms with Crippen molar-refractivity contribution in [2.24, 2.45) is 0 Å². The van der Waals surface area contributed by atoms with Gasteiger partial charge in [-0.15, -0.1) is 0 Å². The van der Waals surface area contributed by atoms with E-state index in [9.17, 15) is 17.2 Å². The molecular formula is C20H15F2N3O2S. The molecule has 0 aliphatic carbocycles. The lowest BCUT2D eigenvalue weighted by molar-refractivity contribution is 0.504. The largest absolute Gasteiger partial charge is 0.306 e. The highest BCUT2D eigenvalue weighted by molar-refractivity contribution is 7.92. The van der Waals surface area contributed by atoms with Crippen molar-refractivity contribution in [1.82, 2.24) is 9.38 Å². The van der Waals surface area contributed by atoms with Crippen molar-refractivity contribution in [1.29, 1.82) is 0 Å². The molecule has 4 rings (SSSR count). The Morgan fingerprint density at radius 2 is 1.71 bits per heavy atom. The molecule has 0 unspecified atom stereocenters. The Kier molecular flexibility index (Phi) is 4.35. The Balaban J connectivity index is 1.59. The molecule has 2 aromatic heterocycles. The smallest absolute Gasteiger partial charge is 0.261 e. The van der Waals surface area contributed by atoms with Gasteiger partial charge < -0.3 is 4.40 Å². The lowest BCUT2D eigenvalue weighted by Crippen LogP contribution is -2.13. The number of anilines is 1. The first-order valence-corrected chi connectivity index (χ1v) is 9.84. The second-order valence-corrected chi connectivity index (χ2v) is 8.04. The summed E-state index contributed by atoms with van der Waals surface area (Å²) in [5, 5.41) is 0. The molecule has 5 nitrogen and oxygen atoms in total. The van der Waals surface area contributed by atoms with Gasteiger partial charge in [0.05, 0.1) is 10.6 Å². The molecule has 4 aromatic rings. The van der Waals surface area contributed by atoms with Crippen LogP contribution >= 0.6 is 0 Å². The van der Waals surface area contributed by atoms with Crippen LogP contribution in [0.4, 0.5) is 14.5 Å². The SMILES string of the molecule is Cc1ccn2cc(-c3ccc(NS(=O)(=O)c4ccc(F)c(F)c4)cc3)nc2c1. The summed E-state index contributed by atoms with van der Waals surface area (Å²) in [6.45, 7) is 1.99. The lowest BCUT2D eigenvalue weighted by atomic mass is 10.1. The highest BCUT2D eigenvalue weighted by Gasteiger charge is 2.17. The molecular weight excluding hydrogens is 384 g/mol. The number of fused-ring (bicyclic) bond motifs is 1. The maximum atomic E-state index is 13.3. The topological polar surface area (TPSA) is 63.5 Å². The number of rotatable bonds is 4. The maximum absolute atomic E-state index is 13.3. The van der Waals surface area contributed by atoms with Gasteiger partial charge in [0.25, 0.3) is 10.0 Å². The van der Waals surface area contributed by atoms with E-state index in [0.717, 1.165) is 34.6 Å². The highest BCUT2D eigenvalue weighted by Crippen LogP contribution is 2.23. The number of benzene rings is 2. The van der Waals surface area contributed by atoms with Gasteiger partial charge in [0.1, 0.15) is 5.65 Å². The summed E-state index contributed by atoms with van der Waals surface area (Å²) in [7, 11) is -4.03. The molecule has 142 valence electrons. The van der Waals surface area contributed by atoms with E-state index in [1.54, 1.807) is 24.3 Å². The molecule has 2 aromatic carbocycles. The molecule has 0 atom stereocenters. The fourth-order valence-electron chi connectivity index (χ4n) is 2.79. The minimum Gasteiger partial charge on any atom is -0.306 e. The summed E-state index contributed by atoms with van der Waals surface area (Å²) in [6, 6.07) is 13.0. The van der Waals surface area contributed by atoms with Crippen molar-refractivity contribution >= 4 is 21.4 Å². The maximum Gasteiger partial charge on any atom is 0.261 e. The van der Waals surface area contributed by atoms with E-state index in [-0.39, 0.29) is 4.90 Å². The summed E-state index contributed by atoms with van der Waals surface area (Å²) in [5.41, 5.74) is 3.79. The van der Waals surface area contributed by atoms with Gasteiger partial charge in [0.15, 0.2) is 11.6 Å². The van der Waals surface area contributed by atoms with Crippen molar-refractivity contribution in [3.63, 3.8) is 0 Å². The standard InChI is InChI=1S/C20H15F2N3O2S/c1-13-8-9-25-12-19(23-20(25)10-13)14-2-4-15(5-3-14)24-28(26,27)16-6-7-17(21)18(22)11-16/h2-12,24H,1H3. The number of nitrogens with one attached hydrogen (secondary N) is 1. The summed E-state index contributed by atoms with van der Waals surface area (Å²) in [5.74, 6) is -2.33. The first-order chi connectivity index (χ1) is 13.3. The quantitative estimate of drug-likeness (QED) is 0.554. The third-order valence-electron chi connectivity index (χ3n) is 4.25. The molecule has 0 aliphatic rings. The number of nitrogens with zero attached hydrogens (tertiary/aromatic N) is 2. The average molecular weight is 399 g/mol. The van der Waals surface area contributed by atoms with E-state index in [1.807, 2.05) is 35.9 Å². The van der Waals surface area contributed by atoms with Crippen LogP contribution in [-0.4, -0.2) is 17.8 Å². The summed E-state index contributed by atoms with van der Waals surface area (Å²) < 4.78 is 55.3. The van der Waals surface area contributed by atoms with Crippen molar-refractivity contribution in [2.75, 3.05) is 4.72 Å². The normalized spacial score (nSPS) is 11.7. The number of aryl methyl sites for hydroxylation is 1. The minimum atomic E-state index is -4.03. The number of aromatic nitrogens is 2. The minimum absolute atomic E-state index is 0.299. The number of halogens is 2. The molecule has 0 amide bonds. The van der Waals surface area contributed by atoms with Gasteiger partial charge >= 0.3 is 0 Å². The van der Waals surface area contributed by atoms with E-state index in [0.29, 0.717) is 11.8 Å². The molecule has 1 N–H and O–H groups in total. The van der Waals surface area contributed by atoms with E-state index in [4.69, 9.17) is 0 Å². The van der Waals surface area contributed by atoms with E-state index < -0.39 is 21.7 Å². The Bertz CT molecular complexity index is 1280. The third kappa shape index (κ3) is 3.46. The number of hydrogen-bond acceptors (Lipinski definition) is 3. The van der Waals surface area contributed by atoms with E-state index in [2.05, 4.69) is 9.71 Å². The van der Waals surface area contributed by atoms with E-state index >= 15 is 0 Å². The van der Waals surface area contributed by atoms with E-state index in [1.165, 1.54) is 0 Å². The number of imidazole rings is 1. The van der Waals surface area contributed by atoms with Crippen molar-refractivity contribution in [3.8, 4) is 11.3 Å². The Labute approximate surface area is 160 Å². The second-order valence-electron chi connectivity index (χ2n) is 6.35. The monoisotopic (exact) mass is 399 g/mol. The van der Waals surface area contributed by atoms with Gasteiger partial charge in [-0.25, -0.2) is 22.2 Å². The predicted molar refractivity (Wildman–Crippen MR) is 103 cm³/mol. The molecule has 0 fully saturated rings. The zero-order valence-electron chi connectivity index (χ0n) is 14.7. The number of sulfonamides is 1. The first-order valence-electron chi connectivity index (χ1n) is 8.35. The van der Waals surface area contributed by atoms with Crippen LogP contribution in [0.25, 0.3) is 16.9 Å². The zero-order chi connectivity index (χ0) is 19.9. The van der Waals surface area contributed by atoms with Crippen LogP contribution < -0.4 is 4.72 Å². The molecule has 0 saturated heterocycles. The van der Waals surface area contributed by atoms with Gasteiger partial charge in [-0.05, 0) is 55.0 Å². The Morgan fingerprint density at radius 1 is 0.964 bits per heavy atom. The molecule has 0 spiro atoms. The van der Waals surface area contributed by atoms with Gasteiger partial charge in [0, 0.05) is 23.6 Å². The zero-order valence-corrected chi connectivity index (χ0v) is 15.5. The molecule has 0 aliphatic heterocycles. The molecule has 0 saturated carbocycles. The first kappa shape index (κ1) is 18.1. The molecule has 0 radical (unpaired) electrons. The summed E-state index contributed by atoms with van der Waals surface area (Å²) >= 11 is 0. The van der Waals surface area contributed by atoms with Crippen LogP contribution in [0.5, 0.6) is 0 Å². The molecule has 8 heteroatoms. The van der Waals surface area contributed by atoms with Crippen LogP contribution in [0.3, 0.4) is 0 Å². The van der Waals surface area contributed by atoms with Crippen molar-refractivity contribution in [2.45, 2.75) is 11.8 Å². The van der Waals surface area contributed by atoms with Crippen LogP contribution in [0.2, 0.25) is 0 Å². The fraction of sp³-hybridized carbons (Fsp3) is 0.0500. The summed E-state index contributed by atoms with van der Waals surface area (Å²) in [6.07, 6.45) is 3.81. The lowest BCUT2D eigenvalue weighted by Gasteiger charge is -2.09. The number of pyridine rings is 1. The molecule has 28 heavy (non-hydrogen) atoms. The van der Waals surface area contributed by atoms with Crippen LogP contribution in [0.1, 0.15) is 5.56 Å². The Morgan fingerprint density at radius 3 is 2.43 bits per heavy atom. The van der Waals surface area contributed by atoms with Crippen molar-refractivity contribution < 1.29 is 17.2 Å². The third-order valence-corrected chi connectivity index (χ3v) is 5.63. The van der Waals surface area contributed by atoms with Gasteiger partial charge in [-0.2, -0.15) is 0 Å². The second kappa shape index (κ2) is 6.72. The predicted octanol–water partition coefficient (Wildman–Crippen LogP) is 4.39. The Hall–Kier alpha value is -3.26. The fourth-order valence-corrected chi connectivity index (χ4v) is 3.86. The molecule has 0 bridgehead atoms. The van der Waals surface area contributed by atoms with Gasteiger partial charge in [-0.1, -0.05) is 12.1 Å². The van der Waals surface area contributed by atoms with Crippen LogP contribution in [-0.2, 0) is 10.0 Å². The van der Waals surface area contributed by atoms with Crippen LogP contribution in [0.15, 0.2) is 71.9 Å².